The van der Waals surface area contributed by atoms with Gasteiger partial charge in [-0.15, -0.1) is 0 Å². The van der Waals surface area contributed by atoms with Gasteiger partial charge in [-0.3, -0.25) is 28.4 Å². The Bertz CT molecular complexity index is 2660. The SMILES string of the molecule is COCC(COC)OC(Oc1ccc2c(c1)c(C(=O)Oc1c(C)cc(C(=O)NCCOCCOCCNC(=O)CCCC(=O)O)cc1C)c1cc(OC(OC(COC)COC)OC(OC)OC)ccc1[n+]2CCCS(=O)(=O)O)OC(OC)OC. The third kappa shape index (κ3) is 23.9. The highest BCUT2D eigenvalue weighted by Gasteiger charge is 2.31. The second-order valence-corrected chi connectivity index (χ2v) is 19.9. The molecule has 0 bridgehead atoms. The first-order valence-corrected chi connectivity index (χ1v) is 28.1. The Balaban J connectivity index is 1.78. The van der Waals surface area contributed by atoms with Crippen molar-refractivity contribution in [3.05, 3.63) is 70.8 Å². The normalized spacial score (nSPS) is 12.7. The van der Waals surface area contributed by atoms with E-state index < -0.39 is 71.8 Å². The summed E-state index contributed by atoms with van der Waals surface area (Å²) in [6.45, 7) is -0.797. The molecule has 0 spiro atoms. The number of aryl methyl sites for hydroxylation is 3. The van der Waals surface area contributed by atoms with E-state index >= 15 is 4.79 Å². The number of benzene rings is 3. The number of carbonyl (C=O) groups excluding carboxylic acids is 3. The van der Waals surface area contributed by atoms with Crippen LogP contribution in [0.15, 0.2) is 48.5 Å². The Hall–Kier alpha value is -5.84. The average Bonchev–Trinajstić information content (AvgIpc) is 1.43. The van der Waals surface area contributed by atoms with E-state index in [1.165, 1.54) is 69.0 Å². The average molecular weight is 1220 g/mol. The van der Waals surface area contributed by atoms with E-state index in [1.807, 2.05) is 0 Å². The summed E-state index contributed by atoms with van der Waals surface area (Å²) in [5, 5.41) is 14.6. The number of nitrogens with zero attached hydrogens (tertiary/aromatic N) is 1. The Labute approximate surface area is 488 Å². The molecule has 29 heteroatoms. The highest BCUT2D eigenvalue weighted by atomic mass is 32.2. The molecule has 2 amide bonds. The fourth-order valence-electron chi connectivity index (χ4n) is 8.29. The van der Waals surface area contributed by atoms with Crippen molar-refractivity contribution in [2.75, 3.05) is 129 Å². The first-order valence-electron chi connectivity index (χ1n) is 26.5. The molecule has 0 aliphatic carbocycles. The van der Waals surface area contributed by atoms with Gasteiger partial charge in [0.05, 0.1) is 74.9 Å². The van der Waals surface area contributed by atoms with Gasteiger partial charge < -0.3 is 86.8 Å². The highest BCUT2D eigenvalue weighted by molar-refractivity contribution is 7.85. The fourth-order valence-corrected chi connectivity index (χ4v) is 8.79. The molecule has 4 rings (SSSR count). The molecule has 28 nitrogen and oxygen atoms in total. The van der Waals surface area contributed by atoms with E-state index in [9.17, 15) is 27.4 Å². The number of carboxylic acids is 1. The lowest BCUT2D eigenvalue weighted by atomic mass is 10.0. The molecular weight excluding hydrogens is 1130 g/mol. The third-order valence-corrected chi connectivity index (χ3v) is 12.7. The Morgan fingerprint density at radius 1 is 0.583 bits per heavy atom. The van der Waals surface area contributed by atoms with Crippen LogP contribution in [0.2, 0.25) is 0 Å². The summed E-state index contributed by atoms with van der Waals surface area (Å²) in [4.78, 5) is 51.2. The third-order valence-electron chi connectivity index (χ3n) is 11.9. The molecule has 4 N–H and O–H groups in total. The Morgan fingerprint density at radius 3 is 1.48 bits per heavy atom. The Kier molecular flexibility index (Phi) is 31.6. The number of aliphatic carboxylic acids is 1. The number of hydrogen-bond acceptors (Lipinski definition) is 23. The number of nitrogens with one attached hydrogen (secondary N) is 2. The van der Waals surface area contributed by atoms with Crippen LogP contribution in [0.3, 0.4) is 0 Å². The molecule has 0 saturated heterocycles. The van der Waals surface area contributed by atoms with Crippen molar-refractivity contribution in [1.29, 1.82) is 0 Å². The highest BCUT2D eigenvalue weighted by Crippen LogP contribution is 2.34. The van der Waals surface area contributed by atoms with Crippen LogP contribution in [0.4, 0.5) is 0 Å². The van der Waals surface area contributed by atoms with Crippen molar-refractivity contribution in [3.8, 4) is 17.2 Å². The second-order valence-electron chi connectivity index (χ2n) is 18.4. The molecule has 1 aromatic heterocycles. The van der Waals surface area contributed by atoms with E-state index in [1.54, 1.807) is 54.8 Å². The topological polar surface area (TPSA) is 328 Å². The number of esters is 1. The monoisotopic (exact) mass is 1210 g/mol. The number of ether oxygens (including phenoxy) is 17. The van der Waals surface area contributed by atoms with Crippen molar-refractivity contribution in [1.82, 2.24) is 10.6 Å². The summed E-state index contributed by atoms with van der Waals surface area (Å²) in [6.07, 6.45) is -1.25. The van der Waals surface area contributed by atoms with Crippen LogP contribution in [0.5, 0.6) is 17.2 Å². The van der Waals surface area contributed by atoms with Gasteiger partial charge in [-0.2, -0.15) is 13.0 Å². The minimum atomic E-state index is -4.41. The van der Waals surface area contributed by atoms with Gasteiger partial charge >= 0.3 is 24.9 Å². The maximum absolute atomic E-state index is 15.3. The zero-order chi connectivity index (χ0) is 61.6. The van der Waals surface area contributed by atoms with Gasteiger partial charge in [0.25, 0.3) is 29.0 Å². The molecule has 0 saturated carbocycles. The molecule has 1 heterocycles. The minimum Gasteiger partial charge on any atom is -0.481 e. The summed E-state index contributed by atoms with van der Waals surface area (Å²) in [5.41, 5.74) is 1.83. The quantitative estimate of drug-likeness (QED) is 0.00938. The first-order chi connectivity index (χ1) is 40.3. The number of rotatable bonds is 44. The van der Waals surface area contributed by atoms with Crippen LogP contribution >= 0.6 is 0 Å². The number of amides is 2. The van der Waals surface area contributed by atoms with E-state index in [2.05, 4.69) is 10.6 Å². The summed E-state index contributed by atoms with van der Waals surface area (Å²) >= 11 is 0. The van der Waals surface area contributed by atoms with Gasteiger partial charge in [-0.1, -0.05) is 0 Å². The number of fused-ring (bicyclic) bond motifs is 2. The lowest BCUT2D eigenvalue weighted by Crippen LogP contribution is -2.39. The molecule has 84 heavy (non-hydrogen) atoms. The van der Waals surface area contributed by atoms with Crippen LogP contribution < -0.4 is 29.4 Å². The molecule has 0 aliphatic heterocycles. The number of carbonyl (C=O) groups is 4. The van der Waals surface area contributed by atoms with Crippen molar-refractivity contribution in [3.63, 3.8) is 0 Å². The zero-order valence-electron chi connectivity index (χ0n) is 49.0. The van der Waals surface area contributed by atoms with Gasteiger partial charge in [0, 0.05) is 107 Å². The Morgan fingerprint density at radius 2 is 1.05 bits per heavy atom. The number of methoxy groups -OCH3 is 8. The van der Waals surface area contributed by atoms with E-state index in [4.69, 9.17) is 85.6 Å². The van der Waals surface area contributed by atoms with Crippen LogP contribution in [0.1, 0.15) is 57.5 Å². The summed E-state index contributed by atoms with van der Waals surface area (Å²) < 4.78 is 132. The zero-order valence-corrected chi connectivity index (χ0v) is 49.9. The van der Waals surface area contributed by atoms with Gasteiger partial charge in [0.15, 0.2) is 6.54 Å². The lowest BCUT2D eigenvalue weighted by Gasteiger charge is -2.27. The van der Waals surface area contributed by atoms with E-state index in [0.717, 1.165) is 0 Å². The molecule has 0 radical (unpaired) electrons. The molecule has 2 atom stereocenters. The van der Waals surface area contributed by atoms with Crippen molar-refractivity contribution < 1.29 is 122 Å². The largest absolute Gasteiger partial charge is 0.481 e. The van der Waals surface area contributed by atoms with Gasteiger partial charge in [-0.25, -0.2) is 4.79 Å². The first kappa shape index (κ1) is 70.6. The molecule has 4 aromatic rings. The van der Waals surface area contributed by atoms with Gasteiger partial charge in [0.2, 0.25) is 16.9 Å². The predicted molar refractivity (Wildman–Crippen MR) is 296 cm³/mol. The van der Waals surface area contributed by atoms with E-state index in [-0.39, 0.29) is 143 Å². The predicted octanol–water partition coefficient (Wildman–Crippen LogP) is 3.40. The maximum Gasteiger partial charge on any atom is 0.345 e. The molecule has 3 aromatic carbocycles. The fraction of sp³-hybridized carbons (Fsp3) is 0.582. The smallest absolute Gasteiger partial charge is 0.345 e. The van der Waals surface area contributed by atoms with Crippen molar-refractivity contribution in [2.45, 2.75) is 84.2 Å². The number of carboxylic acid groups (broad SMARTS) is 1. The minimum absolute atomic E-state index is 0.00443. The molecule has 2 unspecified atom stereocenters. The molecular formula is C55H80N3O25S+. The van der Waals surface area contributed by atoms with Gasteiger partial charge in [0.1, 0.15) is 29.5 Å². The van der Waals surface area contributed by atoms with Crippen LogP contribution in [0, 0.1) is 13.8 Å². The maximum atomic E-state index is 15.3. The molecule has 470 valence electrons. The molecule has 0 aliphatic rings. The van der Waals surface area contributed by atoms with Crippen LogP contribution in [0.25, 0.3) is 21.8 Å². The number of hydrogen-bond donors (Lipinski definition) is 4. The second kappa shape index (κ2) is 37.6. The van der Waals surface area contributed by atoms with Crippen molar-refractivity contribution >= 4 is 55.7 Å². The van der Waals surface area contributed by atoms with Crippen molar-refractivity contribution in [2.24, 2.45) is 0 Å². The molecule has 0 fully saturated rings. The van der Waals surface area contributed by atoms with Crippen LogP contribution in [-0.2, 0) is 92.6 Å². The lowest BCUT2D eigenvalue weighted by molar-refractivity contribution is -0.645. The summed E-state index contributed by atoms with van der Waals surface area (Å²) in [6, 6.07) is 12.6. The number of pyridine rings is 1. The van der Waals surface area contributed by atoms with Gasteiger partial charge in [-0.05, 0) is 67.8 Å². The standard InChI is InChI=1S/C55H79N3O25S/c1-35-27-37(50(62)57-20-23-76-25-24-75-22-19-56-46(59)13-11-14-47(60)61)28-36(2)49(35)81-51(63)48-42-29-38(77-54(82-52(71-7)72-8)79-40(31-67-3)32-68-4)15-17-44(42)58(21-12-26-84(64,65)66)45-18-16-39(30-43(45)48)78-55(83-53(73-9)74-10)80-41(33-69-5)34-70-6/h15-18,27-30,40-41,52-55H,11-14,19-26,31-34H2,1-10H3,(H3-,56,57,59,60,61,62,64,65,66)/p+1. The summed E-state index contributed by atoms with van der Waals surface area (Å²) in [5.74, 6) is -2.84. The number of aromatic nitrogens is 1. The van der Waals surface area contributed by atoms with Crippen LogP contribution in [-0.4, -0.2) is 209 Å². The van der Waals surface area contributed by atoms with E-state index in [0.29, 0.717) is 22.2 Å². The summed E-state index contributed by atoms with van der Waals surface area (Å²) in [7, 11) is 6.85.